The largest absolute Gasteiger partial charge is 0.379 e. The molecule has 0 unspecified atom stereocenters. The topological polar surface area (TPSA) is 49.9 Å². The summed E-state index contributed by atoms with van der Waals surface area (Å²) >= 11 is 0. The second kappa shape index (κ2) is 8.67. The Morgan fingerprint density at radius 3 is 2.77 bits per heavy atom. The van der Waals surface area contributed by atoms with Gasteiger partial charge in [-0.15, -0.1) is 0 Å². The molecular formula is C21H30N2O3. The first-order valence-electron chi connectivity index (χ1n) is 9.71. The van der Waals surface area contributed by atoms with Crippen LogP contribution in [0.5, 0.6) is 0 Å². The van der Waals surface area contributed by atoms with E-state index in [1.54, 1.807) is 7.11 Å². The standard InChI is InChI=1S/C21H30N2O3/c1-16-6-3-4-7-17(16)14-18-9-12-23(15-19(18)26-2)21(25)10-13-22-11-5-8-20(22)24/h3-4,6-7,18-19H,5,8-15H2,1-2H3/t18-,19+/m1/s1. The van der Waals surface area contributed by atoms with Gasteiger partial charge in [-0.1, -0.05) is 24.3 Å². The van der Waals surface area contributed by atoms with Crippen molar-refractivity contribution in [1.82, 2.24) is 9.80 Å². The summed E-state index contributed by atoms with van der Waals surface area (Å²) in [7, 11) is 1.74. The molecule has 5 heteroatoms. The molecule has 0 aliphatic carbocycles. The lowest BCUT2D eigenvalue weighted by atomic mass is 9.86. The lowest BCUT2D eigenvalue weighted by molar-refractivity contribution is -0.137. The minimum absolute atomic E-state index is 0.0701. The smallest absolute Gasteiger partial charge is 0.224 e. The van der Waals surface area contributed by atoms with Gasteiger partial charge in [0.1, 0.15) is 0 Å². The number of hydrogen-bond acceptors (Lipinski definition) is 3. The molecule has 0 spiro atoms. The van der Waals surface area contributed by atoms with Gasteiger partial charge in [0.05, 0.1) is 6.10 Å². The molecule has 2 aliphatic rings. The Morgan fingerprint density at radius 1 is 1.27 bits per heavy atom. The molecule has 2 amide bonds. The highest BCUT2D eigenvalue weighted by Crippen LogP contribution is 2.26. The van der Waals surface area contributed by atoms with E-state index in [9.17, 15) is 9.59 Å². The highest BCUT2D eigenvalue weighted by molar-refractivity contribution is 5.80. The maximum absolute atomic E-state index is 12.6. The normalized spacial score (nSPS) is 23.5. The van der Waals surface area contributed by atoms with Crippen LogP contribution in [-0.4, -0.2) is 61.0 Å². The number of benzene rings is 1. The van der Waals surface area contributed by atoms with Crippen molar-refractivity contribution in [3.8, 4) is 0 Å². The second-order valence-corrected chi connectivity index (χ2v) is 7.53. The Morgan fingerprint density at radius 2 is 2.08 bits per heavy atom. The molecule has 0 saturated carbocycles. The predicted molar refractivity (Wildman–Crippen MR) is 101 cm³/mol. The van der Waals surface area contributed by atoms with E-state index >= 15 is 0 Å². The number of carbonyl (C=O) groups is 2. The van der Waals surface area contributed by atoms with Crippen LogP contribution in [0.2, 0.25) is 0 Å². The van der Waals surface area contributed by atoms with Crippen LogP contribution in [0.3, 0.4) is 0 Å². The Balaban J connectivity index is 1.52. The molecule has 0 aromatic heterocycles. The number of nitrogens with zero attached hydrogens (tertiary/aromatic N) is 2. The third-order valence-corrected chi connectivity index (χ3v) is 5.86. The quantitative estimate of drug-likeness (QED) is 0.785. The van der Waals surface area contributed by atoms with Crippen molar-refractivity contribution in [2.75, 3.05) is 33.3 Å². The number of carbonyl (C=O) groups excluding carboxylic acids is 2. The first-order valence-corrected chi connectivity index (χ1v) is 9.71. The van der Waals surface area contributed by atoms with Crippen LogP contribution < -0.4 is 0 Å². The van der Waals surface area contributed by atoms with E-state index in [-0.39, 0.29) is 17.9 Å². The van der Waals surface area contributed by atoms with Crippen LogP contribution in [0.15, 0.2) is 24.3 Å². The lowest BCUT2D eigenvalue weighted by Gasteiger charge is -2.38. The number of amides is 2. The SMILES string of the molecule is CO[C@H]1CN(C(=O)CCN2CCCC2=O)CC[C@@H]1Cc1ccccc1C. The number of rotatable bonds is 6. The number of likely N-dealkylation sites (tertiary alicyclic amines) is 2. The van der Waals surface area contributed by atoms with Crippen molar-refractivity contribution in [3.05, 3.63) is 35.4 Å². The molecule has 142 valence electrons. The summed E-state index contributed by atoms with van der Waals surface area (Å²) in [6.07, 6.45) is 4.00. The summed E-state index contributed by atoms with van der Waals surface area (Å²) in [6, 6.07) is 8.49. The maximum atomic E-state index is 12.6. The Labute approximate surface area is 156 Å². The van der Waals surface area contributed by atoms with Crippen LogP contribution >= 0.6 is 0 Å². The van der Waals surface area contributed by atoms with Gasteiger partial charge in [-0.3, -0.25) is 9.59 Å². The van der Waals surface area contributed by atoms with Gasteiger partial charge in [0.15, 0.2) is 0 Å². The van der Waals surface area contributed by atoms with Crippen molar-refractivity contribution in [1.29, 1.82) is 0 Å². The van der Waals surface area contributed by atoms with Crippen molar-refractivity contribution in [3.63, 3.8) is 0 Å². The van der Waals surface area contributed by atoms with E-state index in [1.807, 2.05) is 9.80 Å². The summed E-state index contributed by atoms with van der Waals surface area (Å²) in [4.78, 5) is 28.0. The molecular weight excluding hydrogens is 328 g/mol. The van der Waals surface area contributed by atoms with E-state index < -0.39 is 0 Å². The molecule has 2 atom stereocenters. The Bertz CT molecular complexity index is 646. The molecule has 0 bridgehead atoms. The van der Waals surface area contributed by atoms with Gasteiger partial charge in [0, 0.05) is 46.1 Å². The van der Waals surface area contributed by atoms with Gasteiger partial charge in [0.2, 0.25) is 11.8 Å². The fourth-order valence-corrected chi connectivity index (χ4v) is 4.14. The van der Waals surface area contributed by atoms with E-state index in [2.05, 4.69) is 31.2 Å². The molecule has 0 N–H and O–H groups in total. The van der Waals surface area contributed by atoms with Gasteiger partial charge in [-0.25, -0.2) is 0 Å². The van der Waals surface area contributed by atoms with E-state index in [0.717, 1.165) is 32.4 Å². The van der Waals surface area contributed by atoms with Gasteiger partial charge in [-0.2, -0.15) is 0 Å². The van der Waals surface area contributed by atoms with Gasteiger partial charge >= 0.3 is 0 Å². The average Bonchev–Trinajstić information content (AvgIpc) is 3.06. The molecule has 2 fully saturated rings. The third-order valence-electron chi connectivity index (χ3n) is 5.86. The summed E-state index contributed by atoms with van der Waals surface area (Å²) in [5, 5.41) is 0. The number of aryl methyl sites for hydroxylation is 1. The average molecular weight is 358 g/mol. The Hall–Kier alpha value is -1.88. The summed E-state index contributed by atoms with van der Waals surface area (Å²) in [5.41, 5.74) is 2.68. The number of hydrogen-bond donors (Lipinski definition) is 0. The van der Waals surface area contributed by atoms with Crippen LogP contribution in [0.4, 0.5) is 0 Å². The summed E-state index contributed by atoms with van der Waals surface area (Å²) in [6.45, 7) is 4.93. The molecule has 26 heavy (non-hydrogen) atoms. The number of methoxy groups -OCH3 is 1. The fourth-order valence-electron chi connectivity index (χ4n) is 4.14. The van der Waals surface area contributed by atoms with Gasteiger partial charge < -0.3 is 14.5 Å². The second-order valence-electron chi connectivity index (χ2n) is 7.53. The van der Waals surface area contributed by atoms with Crippen LogP contribution in [-0.2, 0) is 20.7 Å². The first-order chi connectivity index (χ1) is 12.6. The highest BCUT2D eigenvalue weighted by atomic mass is 16.5. The van der Waals surface area contributed by atoms with Crippen molar-refractivity contribution < 1.29 is 14.3 Å². The van der Waals surface area contributed by atoms with Crippen molar-refractivity contribution >= 4 is 11.8 Å². The minimum atomic E-state index is 0.0701. The zero-order valence-electron chi connectivity index (χ0n) is 15.9. The van der Waals surface area contributed by atoms with E-state index in [1.165, 1.54) is 11.1 Å². The first kappa shape index (κ1) is 18.9. The lowest BCUT2D eigenvalue weighted by Crippen LogP contribution is -2.48. The van der Waals surface area contributed by atoms with Gasteiger partial charge in [0.25, 0.3) is 0 Å². The van der Waals surface area contributed by atoms with Crippen LogP contribution in [0.1, 0.15) is 36.8 Å². The van der Waals surface area contributed by atoms with Gasteiger partial charge in [-0.05, 0) is 43.2 Å². The molecule has 1 aromatic carbocycles. The number of piperidine rings is 1. The minimum Gasteiger partial charge on any atom is -0.379 e. The molecule has 0 radical (unpaired) electrons. The maximum Gasteiger partial charge on any atom is 0.224 e. The highest BCUT2D eigenvalue weighted by Gasteiger charge is 2.32. The number of ether oxygens (including phenoxy) is 1. The third kappa shape index (κ3) is 4.44. The predicted octanol–water partition coefficient (Wildman–Crippen LogP) is 2.41. The molecule has 2 heterocycles. The monoisotopic (exact) mass is 358 g/mol. The zero-order chi connectivity index (χ0) is 18.5. The summed E-state index contributed by atoms with van der Waals surface area (Å²) < 4.78 is 5.73. The summed E-state index contributed by atoms with van der Waals surface area (Å²) in [5.74, 6) is 0.760. The molecule has 2 aliphatic heterocycles. The van der Waals surface area contributed by atoms with Crippen LogP contribution in [0.25, 0.3) is 0 Å². The Kier molecular flexibility index (Phi) is 6.30. The van der Waals surface area contributed by atoms with Crippen molar-refractivity contribution in [2.24, 2.45) is 5.92 Å². The van der Waals surface area contributed by atoms with Crippen molar-refractivity contribution in [2.45, 2.75) is 45.1 Å². The van der Waals surface area contributed by atoms with E-state index in [4.69, 9.17) is 4.74 Å². The molecule has 5 nitrogen and oxygen atoms in total. The molecule has 2 saturated heterocycles. The fraction of sp³-hybridized carbons (Fsp3) is 0.619. The zero-order valence-corrected chi connectivity index (χ0v) is 15.9. The van der Waals surface area contributed by atoms with E-state index in [0.29, 0.717) is 31.8 Å². The van der Waals surface area contributed by atoms with Crippen LogP contribution in [0, 0.1) is 12.8 Å². The molecule has 1 aromatic rings. The molecule has 3 rings (SSSR count).